The van der Waals surface area contributed by atoms with Crippen molar-refractivity contribution in [1.82, 2.24) is 4.90 Å². The molecule has 23 heavy (non-hydrogen) atoms. The Morgan fingerprint density at radius 1 is 1.17 bits per heavy atom. The molecule has 0 aliphatic carbocycles. The maximum absolute atomic E-state index is 13.0. The van der Waals surface area contributed by atoms with E-state index in [-0.39, 0.29) is 17.4 Å². The van der Waals surface area contributed by atoms with E-state index in [1.165, 1.54) is 6.92 Å². The van der Waals surface area contributed by atoms with Gasteiger partial charge in [-0.25, -0.2) is 0 Å². The number of para-hydroxylation sites is 1. The second-order valence-electron chi connectivity index (χ2n) is 6.00. The van der Waals surface area contributed by atoms with Crippen LogP contribution in [0.15, 0.2) is 24.3 Å². The average Bonchev–Trinajstić information content (AvgIpc) is 2.48. The molecular formula is C18H27N3O2. The summed E-state index contributed by atoms with van der Waals surface area (Å²) < 4.78 is 0. The standard InChI is InChI=1S/C18H27N3O2/c1-6-15(19)17(14(3)22)18(23)21(12-11-20(4)5)16-10-8-7-9-13(16)2/h7-10,17,19H,6,11-12H2,1-5H3. The second-order valence-corrected chi connectivity index (χ2v) is 6.00. The minimum absolute atomic E-state index is 0.172. The van der Waals surface area contributed by atoms with E-state index in [9.17, 15) is 9.59 Å². The van der Waals surface area contributed by atoms with E-state index in [0.717, 1.165) is 11.3 Å². The van der Waals surface area contributed by atoms with Crippen molar-refractivity contribution in [3.63, 3.8) is 0 Å². The summed E-state index contributed by atoms with van der Waals surface area (Å²) in [6, 6.07) is 7.63. The molecule has 1 aromatic carbocycles. The van der Waals surface area contributed by atoms with E-state index in [0.29, 0.717) is 19.5 Å². The molecule has 0 aliphatic rings. The number of nitrogens with one attached hydrogen (secondary N) is 1. The highest BCUT2D eigenvalue weighted by Gasteiger charge is 2.32. The third-order valence-corrected chi connectivity index (χ3v) is 3.83. The smallest absolute Gasteiger partial charge is 0.243 e. The number of carbonyl (C=O) groups excluding carboxylic acids is 2. The fraction of sp³-hybridized carbons (Fsp3) is 0.500. The topological polar surface area (TPSA) is 64.5 Å². The SMILES string of the molecule is CCC(=N)C(C(C)=O)C(=O)N(CCN(C)C)c1ccccc1C. The first-order valence-corrected chi connectivity index (χ1v) is 7.89. The summed E-state index contributed by atoms with van der Waals surface area (Å²) in [7, 11) is 3.88. The van der Waals surface area contributed by atoms with Crippen LogP contribution in [0.25, 0.3) is 0 Å². The summed E-state index contributed by atoms with van der Waals surface area (Å²) in [5, 5.41) is 8.00. The molecule has 0 radical (unpaired) electrons. The molecule has 0 spiro atoms. The fourth-order valence-corrected chi connectivity index (χ4v) is 2.44. The van der Waals surface area contributed by atoms with Crippen molar-refractivity contribution in [2.24, 2.45) is 5.92 Å². The van der Waals surface area contributed by atoms with Crippen LogP contribution in [0.5, 0.6) is 0 Å². The quantitative estimate of drug-likeness (QED) is 0.592. The molecule has 1 rings (SSSR count). The van der Waals surface area contributed by atoms with Gasteiger partial charge in [-0.3, -0.25) is 9.59 Å². The lowest BCUT2D eigenvalue weighted by atomic mass is 9.95. The van der Waals surface area contributed by atoms with E-state index in [1.807, 2.05) is 50.2 Å². The van der Waals surface area contributed by atoms with Gasteiger partial charge in [-0.1, -0.05) is 25.1 Å². The molecule has 126 valence electrons. The largest absolute Gasteiger partial charge is 0.310 e. The first kappa shape index (κ1) is 19.0. The third kappa shape index (κ3) is 4.99. The summed E-state index contributed by atoms with van der Waals surface area (Å²) in [5.74, 6) is -1.56. The molecular weight excluding hydrogens is 290 g/mol. The number of nitrogens with zero attached hydrogens (tertiary/aromatic N) is 2. The van der Waals surface area contributed by atoms with Gasteiger partial charge in [0.05, 0.1) is 0 Å². The van der Waals surface area contributed by atoms with E-state index in [2.05, 4.69) is 0 Å². The zero-order chi connectivity index (χ0) is 17.6. The molecule has 1 unspecified atom stereocenters. The Bertz CT molecular complexity index is 581. The number of likely N-dealkylation sites (N-methyl/N-ethyl adjacent to an activating group) is 1. The zero-order valence-electron chi connectivity index (χ0n) is 14.7. The van der Waals surface area contributed by atoms with Crippen LogP contribution >= 0.6 is 0 Å². The van der Waals surface area contributed by atoms with Crippen LogP contribution < -0.4 is 4.90 Å². The predicted molar refractivity (Wildman–Crippen MR) is 94.3 cm³/mol. The summed E-state index contributed by atoms with van der Waals surface area (Å²) in [6.45, 7) is 6.29. The van der Waals surface area contributed by atoms with E-state index in [1.54, 1.807) is 11.8 Å². The van der Waals surface area contributed by atoms with Crippen LogP contribution in [-0.4, -0.2) is 49.5 Å². The number of amides is 1. The fourth-order valence-electron chi connectivity index (χ4n) is 2.44. The number of hydrogen-bond donors (Lipinski definition) is 1. The Kier molecular flexibility index (Phi) is 7.10. The van der Waals surface area contributed by atoms with Gasteiger partial charge >= 0.3 is 0 Å². The minimum Gasteiger partial charge on any atom is -0.310 e. The highest BCUT2D eigenvalue weighted by molar-refractivity contribution is 6.22. The lowest BCUT2D eigenvalue weighted by molar-refractivity contribution is -0.128. The molecule has 5 heteroatoms. The van der Waals surface area contributed by atoms with Crippen molar-refractivity contribution in [3.05, 3.63) is 29.8 Å². The Balaban J connectivity index is 3.22. The van der Waals surface area contributed by atoms with E-state index >= 15 is 0 Å². The molecule has 0 saturated heterocycles. The Morgan fingerprint density at radius 3 is 2.26 bits per heavy atom. The Hall–Kier alpha value is -2.01. The number of Topliss-reactive ketones (excluding diaryl/α,β-unsaturated/α-hetero) is 1. The molecule has 0 bridgehead atoms. The lowest BCUT2D eigenvalue weighted by Gasteiger charge is -2.29. The van der Waals surface area contributed by atoms with Gasteiger partial charge in [0.2, 0.25) is 5.91 Å². The Labute approximate surface area is 138 Å². The first-order valence-electron chi connectivity index (χ1n) is 7.89. The third-order valence-electron chi connectivity index (χ3n) is 3.83. The average molecular weight is 317 g/mol. The molecule has 5 nitrogen and oxygen atoms in total. The second kappa shape index (κ2) is 8.58. The van der Waals surface area contributed by atoms with Gasteiger partial charge in [-0.05, 0) is 46.0 Å². The molecule has 0 saturated carbocycles. The van der Waals surface area contributed by atoms with Crippen molar-refractivity contribution in [2.75, 3.05) is 32.1 Å². The van der Waals surface area contributed by atoms with Crippen LogP contribution in [0.3, 0.4) is 0 Å². The van der Waals surface area contributed by atoms with Gasteiger partial charge in [0, 0.05) is 24.5 Å². The van der Waals surface area contributed by atoms with Crippen molar-refractivity contribution in [2.45, 2.75) is 27.2 Å². The van der Waals surface area contributed by atoms with E-state index < -0.39 is 5.92 Å². The van der Waals surface area contributed by atoms with E-state index in [4.69, 9.17) is 5.41 Å². The number of anilines is 1. The number of carbonyl (C=O) groups is 2. The highest BCUT2D eigenvalue weighted by Crippen LogP contribution is 2.22. The van der Waals surface area contributed by atoms with Gasteiger partial charge in [0.15, 0.2) is 0 Å². The van der Waals surface area contributed by atoms with Crippen molar-refractivity contribution >= 4 is 23.1 Å². The van der Waals surface area contributed by atoms with Gasteiger partial charge < -0.3 is 15.2 Å². The van der Waals surface area contributed by atoms with Gasteiger partial charge in [-0.15, -0.1) is 0 Å². The number of hydrogen-bond acceptors (Lipinski definition) is 4. The normalized spacial score (nSPS) is 12.1. The summed E-state index contributed by atoms with van der Waals surface area (Å²) in [6.07, 6.45) is 0.394. The van der Waals surface area contributed by atoms with Gasteiger partial charge in [-0.2, -0.15) is 0 Å². The van der Waals surface area contributed by atoms with Crippen molar-refractivity contribution < 1.29 is 9.59 Å². The summed E-state index contributed by atoms with van der Waals surface area (Å²) in [4.78, 5) is 28.6. The van der Waals surface area contributed by atoms with Crippen LogP contribution in [-0.2, 0) is 9.59 Å². The monoisotopic (exact) mass is 317 g/mol. The maximum Gasteiger partial charge on any atom is 0.243 e. The molecule has 1 N–H and O–H groups in total. The number of benzene rings is 1. The molecule has 0 aromatic heterocycles. The molecule has 0 heterocycles. The minimum atomic E-state index is -0.984. The molecule has 0 aliphatic heterocycles. The summed E-state index contributed by atoms with van der Waals surface area (Å²) >= 11 is 0. The zero-order valence-corrected chi connectivity index (χ0v) is 14.7. The molecule has 1 amide bonds. The number of ketones is 1. The van der Waals surface area contributed by atoms with Crippen molar-refractivity contribution in [1.29, 1.82) is 5.41 Å². The highest BCUT2D eigenvalue weighted by atomic mass is 16.2. The predicted octanol–water partition coefficient (Wildman–Crippen LogP) is 2.52. The maximum atomic E-state index is 13.0. The molecule has 1 atom stereocenters. The van der Waals surface area contributed by atoms with Crippen LogP contribution in [0, 0.1) is 18.3 Å². The number of rotatable bonds is 8. The van der Waals surface area contributed by atoms with Crippen molar-refractivity contribution in [3.8, 4) is 0 Å². The lowest BCUT2D eigenvalue weighted by Crippen LogP contribution is -2.45. The van der Waals surface area contributed by atoms with Crippen LogP contribution in [0.4, 0.5) is 5.69 Å². The first-order chi connectivity index (χ1) is 10.8. The number of aryl methyl sites for hydroxylation is 1. The van der Waals surface area contributed by atoms with Crippen LogP contribution in [0.2, 0.25) is 0 Å². The van der Waals surface area contributed by atoms with Gasteiger partial charge in [0.1, 0.15) is 11.7 Å². The molecule has 1 aromatic rings. The van der Waals surface area contributed by atoms with Gasteiger partial charge in [0.25, 0.3) is 0 Å². The van der Waals surface area contributed by atoms with Crippen LogP contribution in [0.1, 0.15) is 25.8 Å². The Morgan fingerprint density at radius 2 is 1.78 bits per heavy atom. The molecule has 0 fully saturated rings. The summed E-state index contributed by atoms with van der Waals surface area (Å²) in [5.41, 5.74) is 1.95.